The fourth-order valence-corrected chi connectivity index (χ4v) is 5.37. The molecule has 1 heterocycles. The molecule has 0 amide bonds. The van der Waals surface area contributed by atoms with Crippen molar-refractivity contribution in [3.63, 3.8) is 0 Å². The molecule has 0 bridgehead atoms. The summed E-state index contributed by atoms with van der Waals surface area (Å²) < 4.78 is 23.6. The second-order valence-corrected chi connectivity index (χ2v) is 15.8. The van der Waals surface area contributed by atoms with Gasteiger partial charge < -0.3 is 34.0 Å². The third-order valence-corrected chi connectivity index (χ3v) is 12.2. The predicted molar refractivity (Wildman–Crippen MR) is 137 cm³/mol. The van der Waals surface area contributed by atoms with Crippen LogP contribution >= 0.6 is 0 Å². The standard InChI is InChI=1S/C27H38O7Si/c1-27(2,3)35(5,6)32-15-21-23(29)25(24(30)26(31-4)34-21)33-20-12-11-18-13-16-9-7-8-10-17(16)14-19(18)22(20)28/h7-14,20-26,28-30H,15H2,1-6H3/t20-,21-,22-,23-,24+,25+,26+/m1/s1. The molecule has 0 aromatic heterocycles. The lowest BCUT2D eigenvalue weighted by atomic mass is 9.89. The number of ether oxygens (including phenoxy) is 3. The van der Waals surface area contributed by atoms with E-state index in [9.17, 15) is 15.3 Å². The summed E-state index contributed by atoms with van der Waals surface area (Å²) in [5.41, 5.74) is 1.66. The minimum atomic E-state index is -2.09. The first-order valence-corrected chi connectivity index (χ1v) is 15.1. The molecule has 192 valence electrons. The second-order valence-electron chi connectivity index (χ2n) is 11.0. The van der Waals surface area contributed by atoms with Crippen LogP contribution in [0.5, 0.6) is 0 Å². The van der Waals surface area contributed by atoms with Crippen LogP contribution in [0, 0.1) is 0 Å². The summed E-state index contributed by atoms with van der Waals surface area (Å²) in [7, 11) is -0.656. The molecule has 0 radical (unpaired) electrons. The predicted octanol–water partition coefficient (Wildman–Crippen LogP) is 3.77. The lowest BCUT2D eigenvalue weighted by Crippen LogP contribution is -2.61. The van der Waals surface area contributed by atoms with Crippen LogP contribution in [0.15, 0.2) is 42.5 Å². The summed E-state index contributed by atoms with van der Waals surface area (Å²) in [4.78, 5) is 0. The van der Waals surface area contributed by atoms with Gasteiger partial charge in [-0.2, -0.15) is 0 Å². The topological polar surface area (TPSA) is 97.6 Å². The maximum absolute atomic E-state index is 11.2. The Morgan fingerprint density at radius 3 is 2.29 bits per heavy atom. The summed E-state index contributed by atoms with van der Waals surface area (Å²) in [5, 5.41) is 35.2. The summed E-state index contributed by atoms with van der Waals surface area (Å²) in [6, 6.07) is 12.0. The van der Waals surface area contributed by atoms with Crippen LogP contribution in [0.1, 0.15) is 38.0 Å². The first-order valence-electron chi connectivity index (χ1n) is 12.2. The minimum Gasteiger partial charge on any atom is -0.414 e. The van der Waals surface area contributed by atoms with Crippen LogP contribution in [0.3, 0.4) is 0 Å². The maximum atomic E-state index is 11.2. The first kappa shape index (κ1) is 26.4. The van der Waals surface area contributed by atoms with Crippen LogP contribution in [0.2, 0.25) is 18.1 Å². The molecule has 0 spiro atoms. The van der Waals surface area contributed by atoms with Gasteiger partial charge in [-0.05, 0) is 52.2 Å². The van der Waals surface area contributed by atoms with Crippen molar-refractivity contribution in [2.45, 2.75) is 81.8 Å². The zero-order chi connectivity index (χ0) is 25.5. The molecule has 4 rings (SSSR count). The first-order chi connectivity index (χ1) is 16.4. The van der Waals surface area contributed by atoms with Crippen LogP contribution in [0.4, 0.5) is 0 Å². The van der Waals surface area contributed by atoms with Crippen LogP contribution in [-0.4, -0.2) is 74.2 Å². The van der Waals surface area contributed by atoms with Crippen LogP contribution < -0.4 is 0 Å². The Morgan fingerprint density at radius 2 is 1.66 bits per heavy atom. The highest BCUT2D eigenvalue weighted by Gasteiger charge is 2.48. The molecule has 7 nitrogen and oxygen atoms in total. The zero-order valence-corrected chi connectivity index (χ0v) is 22.3. The van der Waals surface area contributed by atoms with Gasteiger partial charge in [0.05, 0.1) is 6.61 Å². The molecular weight excluding hydrogens is 464 g/mol. The van der Waals surface area contributed by atoms with E-state index in [-0.39, 0.29) is 11.6 Å². The Hall–Kier alpha value is -1.62. The van der Waals surface area contributed by atoms with E-state index in [0.717, 1.165) is 21.9 Å². The SMILES string of the molecule is CO[C@H]1O[C@H](CO[Si](C)(C)C(C)(C)C)[C@@H](O)[C@H](O[C@@H]2C=Cc3cc4ccccc4cc3[C@H]2O)[C@@H]1O. The molecule has 2 aliphatic rings. The van der Waals surface area contributed by atoms with Gasteiger partial charge in [0.15, 0.2) is 14.6 Å². The highest BCUT2D eigenvalue weighted by Crippen LogP contribution is 2.38. The van der Waals surface area contributed by atoms with Gasteiger partial charge in [0.2, 0.25) is 0 Å². The molecule has 0 unspecified atom stereocenters. The summed E-state index contributed by atoms with van der Waals surface area (Å²) >= 11 is 0. The minimum absolute atomic E-state index is 0.00272. The van der Waals surface area contributed by atoms with E-state index in [1.54, 1.807) is 6.08 Å². The quantitative estimate of drug-likeness (QED) is 0.518. The highest BCUT2D eigenvalue weighted by molar-refractivity contribution is 6.74. The van der Waals surface area contributed by atoms with E-state index in [0.29, 0.717) is 0 Å². The molecular formula is C27H38O7Si. The van der Waals surface area contributed by atoms with Crippen LogP contribution in [-0.2, 0) is 18.6 Å². The average Bonchev–Trinajstić information content (AvgIpc) is 2.81. The molecule has 8 heteroatoms. The zero-order valence-electron chi connectivity index (χ0n) is 21.3. The summed E-state index contributed by atoms with van der Waals surface area (Å²) in [5.74, 6) is 0. The Labute approximate surface area is 208 Å². The summed E-state index contributed by atoms with van der Waals surface area (Å²) in [6.07, 6.45) is -3.21. The van der Waals surface area contributed by atoms with Gasteiger partial charge in [-0.1, -0.05) is 57.2 Å². The third kappa shape index (κ3) is 5.26. The molecule has 3 N–H and O–H groups in total. The van der Waals surface area contributed by atoms with Crippen molar-refractivity contribution in [2.24, 2.45) is 0 Å². The van der Waals surface area contributed by atoms with E-state index < -0.39 is 51.2 Å². The summed E-state index contributed by atoms with van der Waals surface area (Å²) in [6.45, 7) is 10.8. The number of benzene rings is 2. The smallest absolute Gasteiger partial charge is 0.192 e. The molecule has 35 heavy (non-hydrogen) atoms. The van der Waals surface area contributed by atoms with Crippen molar-refractivity contribution in [1.29, 1.82) is 0 Å². The van der Waals surface area contributed by atoms with Gasteiger partial charge in [-0.25, -0.2) is 0 Å². The Bertz CT molecular complexity index is 1060. The Kier molecular flexibility index (Phi) is 7.58. The molecule has 1 aliphatic carbocycles. The van der Waals surface area contributed by atoms with Crippen molar-refractivity contribution < 1.29 is 34.0 Å². The van der Waals surface area contributed by atoms with Gasteiger partial charge in [0.1, 0.15) is 36.6 Å². The molecule has 2 aromatic rings. The van der Waals surface area contributed by atoms with Crippen molar-refractivity contribution in [3.8, 4) is 0 Å². The van der Waals surface area contributed by atoms with Crippen LogP contribution in [0.25, 0.3) is 16.8 Å². The Morgan fingerprint density at radius 1 is 1.00 bits per heavy atom. The number of fused-ring (bicyclic) bond motifs is 2. The molecule has 1 aliphatic heterocycles. The molecule has 2 aromatic carbocycles. The normalized spacial score (nSPS) is 31.5. The fourth-order valence-electron chi connectivity index (χ4n) is 4.36. The van der Waals surface area contributed by atoms with Crippen molar-refractivity contribution in [1.82, 2.24) is 0 Å². The van der Waals surface area contributed by atoms with Gasteiger partial charge >= 0.3 is 0 Å². The van der Waals surface area contributed by atoms with E-state index in [1.807, 2.05) is 42.5 Å². The maximum Gasteiger partial charge on any atom is 0.192 e. The second kappa shape index (κ2) is 10.0. The average molecular weight is 503 g/mol. The Balaban J connectivity index is 1.53. The molecule has 1 saturated heterocycles. The van der Waals surface area contributed by atoms with Gasteiger partial charge in [-0.3, -0.25) is 0 Å². The van der Waals surface area contributed by atoms with E-state index >= 15 is 0 Å². The molecule has 7 atom stereocenters. The van der Waals surface area contributed by atoms with E-state index in [1.165, 1.54) is 7.11 Å². The highest BCUT2D eigenvalue weighted by atomic mass is 28.4. The lowest BCUT2D eigenvalue weighted by Gasteiger charge is -2.45. The van der Waals surface area contributed by atoms with Crippen molar-refractivity contribution in [3.05, 3.63) is 53.6 Å². The number of hydrogen-bond acceptors (Lipinski definition) is 7. The number of methoxy groups -OCH3 is 1. The number of aliphatic hydroxyl groups excluding tert-OH is 3. The van der Waals surface area contributed by atoms with Crippen molar-refractivity contribution in [2.75, 3.05) is 13.7 Å². The largest absolute Gasteiger partial charge is 0.414 e. The monoisotopic (exact) mass is 502 g/mol. The van der Waals surface area contributed by atoms with E-state index in [4.69, 9.17) is 18.6 Å². The number of hydrogen-bond donors (Lipinski definition) is 3. The van der Waals surface area contributed by atoms with E-state index in [2.05, 4.69) is 33.9 Å². The number of aliphatic hydroxyl groups is 3. The van der Waals surface area contributed by atoms with Gasteiger partial charge in [-0.15, -0.1) is 0 Å². The fraction of sp³-hybridized carbons (Fsp3) is 0.556. The third-order valence-electron chi connectivity index (χ3n) is 7.65. The van der Waals surface area contributed by atoms with Crippen molar-refractivity contribution >= 4 is 25.2 Å². The lowest BCUT2D eigenvalue weighted by molar-refractivity contribution is -0.307. The van der Waals surface area contributed by atoms with Gasteiger partial charge in [0, 0.05) is 7.11 Å². The number of rotatable bonds is 6. The molecule has 1 fully saturated rings. The molecule has 0 saturated carbocycles. The van der Waals surface area contributed by atoms with Gasteiger partial charge in [0.25, 0.3) is 0 Å².